The number of hydrogen-bond donors (Lipinski definition) is 2. The number of rotatable bonds is 3. The Hall–Kier alpha value is -1.13. The van der Waals surface area contributed by atoms with Gasteiger partial charge in [-0.05, 0) is 19.1 Å². The van der Waals surface area contributed by atoms with Gasteiger partial charge in [-0.2, -0.15) is 0 Å². The molecule has 4 heteroatoms. The summed E-state index contributed by atoms with van der Waals surface area (Å²) in [5, 5.41) is 13.2. The van der Waals surface area contributed by atoms with Crippen molar-refractivity contribution in [1.29, 1.82) is 0 Å². The van der Waals surface area contributed by atoms with Gasteiger partial charge in [0, 0.05) is 37.2 Å². The Morgan fingerprint density at radius 3 is 3.20 bits per heavy atom. The standard InChI is InChI=1S/C11H16N2O2/c1-9-6-10(2-4-12-9)13-7-11(14)3-5-15-8-11/h2,4,6,14H,3,5,7-8H2,1H3,(H,12,13). The predicted octanol–water partition coefficient (Wildman–Crippen LogP) is 0.953. The van der Waals surface area contributed by atoms with E-state index in [1.54, 1.807) is 6.20 Å². The van der Waals surface area contributed by atoms with Gasteiger partial charge < -0.3 is 15.2 Å². The summed E-state index contributed by atoms with van der Waals surface area (Å²) < 4.78 is 5.17. The molecule has 0 amide bonds. The summed E-state index contributed by atoms with van der Waals surface area (Å²) >= 11 is 0. The minimum Gasteiger partial charge on any atom is -0.386 e. The highest BCUT2D eigenvalue weighted by molar-refractivity contribution is 5.43. The van der Waals surface area contributed by atoms with Crippen LogP contribution in [-0.4, -0.2) is 35.5 Å². The number of aromatic nitrogens is 1. The van der Waals surface area contributed by atoms with Crippen molar-refractivity contribution in [2.45, 2.75) is 18.9 Å². The minimum atomic E-state index is -0.711. The Kier molecular flexibility index (Phi) is 2.88. The van der Waals surface area contributed by atoms with Gasteiger partial charge in [0.05, 0.1) is 6.61 Å². The molecule has 1 aliphatic rings. The highest BCUT2D eigenvalue weighted by Crippen LogP contribution is 2.19. The van der Waals surface area contributed by atoms with E-state index in [9.17, 15) is 5.11 Å². The molecule has 0 aromatic carbocycles. The largest absolute Gasteiger partial charge is 0.386 e. The molecule has 1 unspecified atom stereocenters. The number of nitrogens with one attached hydrogen (secondary N) is 1. The lowest BCUT2D eigenvalue weighted by molar-refractivity contribution is 0.0382. The van der Waals surface area contributed by atoms with E-state index < -0.39 is 5.60 Å². The number of aliphatic hydroxyl groups is 1. The van der Waals surface area contributed by atoms with E-state index in [0.717, 1.165) is 11.4 Å². The molecule has 1 aromatic rings. The molecule has 82 valence electrons. The Bertz CT molecular complexity index is 335. The van der Waals surface area contributed by atoms with Gasteiger partial charge in [-0.25, -0.2) is 0 Å². The third kappa shape index (κ3) is 2.67. The fourth-order valence-corrected chi connectivity index (χ4v) is 1.66. The molecule has 0 saturated carbocycles. The molecule has 2 heterocycles. The Labute approximate surface area is 89.3 Å². The third-order valence-electron chi connectivity index (χ3n) is 2.60. The van der Waals surface area contributed by atoms with Crippen LogP contribution in [0.5, 0.6) is 0 Å². The van der Waals surface area contributed by atoms with E-state index in [2.05, 4.69) is 10.3 Å². The molecule has 2 rings (SSSR count). The maximum atomic E-state index is 10.0. The number of anilines is 1. The molecule has 15 heavy (non-hydrogen) atoms. The van der Waals surface area contributed by atoms with Crippen LogP contribution < -0.4 is 5.32 Å². The fourth-order valence-electron chi connectivity index (χ4n) is 1.66. The van der Waals surface area contributed by atoms with E-state index >= 15 is 0 Å². The lowest BCUT2D eigenvalue weighted by Gasteiger charge is -2.21. The molecule has 0 bridgehead atoms. The smallest absolute Gasteiger partial charge is 0.107 e. The van der Waals surface area contributed by atoms with Gasteiger partial charge in [-0.1, -0.05) is 0 Å². The van der Waals surface area contributed by atoms with Gasteiger partial charge >= 0.3 is 0 Å². The first-order valence-corrected chi connectivity index (χ1v) is 5.15. The molecular formula is C11H16N2O2. The van der Waals surface area contributed by atoms with Gasteiger partial charge in [0.15, 0.2) is 0 Å². The van der Waals surface area contributed by atoms with Crippen LogP contribution in [0.2, 0.25) is 0 Å². The maximum absolute atomic E-state index is 10.0. The van der Waals surface area contributed by atoms with Gasteiger partial charge in [0.1, 0.15) is 5.60 Å². The average molecular weight is 208 g/mol. The van der Waals surface area contributed by atoms with Crippen LogP contribution in [0.15, 0.2) is 18.3 Å². The summed E-state index contributed by atoms with van der Waals surface area (Å²) in [7, 11) is 0. The van der Waals surface area contributed by atoms with Crippen molar-refractivity contribution in [3.63, 3.8) is 0 Å². The van der Waals surface area contributed by atoms with Crippen molar-refractivity contribution in [1.82, 2.24) is 4.98 Å². The molecule has 4 nitrogen and oxygen atoms in total. The normalized spacial score (nSPS) is 25.5. The quantitative estimate of drug-likeness (QED) is 0.776. The summed E-state index contributed by atoms with van der Waals surface area (Å²) in [4.78, 5) is 4.11. The summed E-state index contributed by atoms with van der Waals surface area (Å²) in [6, 6.07) is 3.85. The van der Waals surface area contributed by atoms with Crippen LogP contribution in [0.1, 0.15) is 12.1 Å². The second-order valence-electron chi connectivity index (χ2n) is 4.07. The van der Waals surface area contributed by atoms with Crippen LogP contribution in [0.4, 0.5) is 5.69 Å². The van der Waals surface area contributed by atoms with E-state index in [1.807, 2.05) is 19.1 Å². The molecule has 1 fully saturated rings. The Morgan fingerprint density at radius 1 is 1.67 bits per heavy atom. The zero-order chi connectivity index (χ0) is 10.7. The lowest BCUT2D eigenvalue weighted by atomic mass is 10.0. The number of nitrogens with zero attached hydrogens (tertiary/aromatic N) is 1. The van der Waals surface area contributed by atoms with Crippen molar-refractivity contribution in [3.8, 4) is 0 Å². The molecule has 1 aliphatic heterocycles. The first-order valence-electron chi connectivity index (χ1n) is 5.15. The van der Waals surface area contributed by atoms with Crippen LogP contribution in [0.3, 0.4) is 0 Å². The first kappa shape index (κ1) is 10.4. The monoisotopic (exact) mass is 208 g/mol. The molecule has 2 N–H and O–H groups in total. The zero-order valence-corrected chi connectivity index (χ0v) is 8.86. The van der Waals surface area contributed by atoms with Crippen molar-refractivity contribution in [2.75, 3.05) is 25.1 Å². The topological polar surface area (TPSA) is 54.4 Å². The summed E-state index contributed by atoms with van der Waals surface area (Å²) in [5.74, 6) is 0. The molecule has 1 aromatic heterocycles. The molecule has 0 aliphatic carbocycles. The van der Waals surface area contributed by atoms with Gasteiger partial charge in [0.2, 0.25) is 0 Å². The SMILES string of the molecule is Cc1cc(NCC2(O)CCOC2)ccn1. The second-order valence-corrected chi connectivity index (χ2v) is 4.07. The summed E-state index contributed by atoms with van der Waals surface area (Å²) in [6.45, 7) is 3.53. The number of ether oxygens (including phenoxy) is 1. The van der Waals surface area contributed by atoms with Crippen molar-refractivity contribution in [2.24, 2.45) is 0 Å². The number of pyridine rings is 1. The maximum Gasteiger partial charge on any atom is 0.107 e. The lowest BCUT2D eigenvalue weighted by Crippen LogP contribution is -2.37. The van der Waals surface area contributed by atoms with E-state index in [0.29, 0.717) is 26.2 Å². The first-order chi connectivity index (χ1) is 7.18. The highest BCUT2D eigenvalue weighted by Gasteiger charge is 2.31. The van der Waals surface area contributed by atoms with Gasteiger partial charge in [-0.15, -0.1) is 0 Å². The number of hydrogen-bond acceptors (Lipinski definition) is 4. The molecule has 0 radical (unpaired) electrons. The van der Waals surface area contributed by atoms with Crippen molar-refractivity contribution in [3.05, 3.63) is 24.0 Å². The van der Waals surface area contributed by atoms with E-state index in [-0.39, 0.29) is 0 Å². The van der Waals surface area contributed by atoms with Crippen molar-refractivity contribution < 1.29 is 9.84 Å². The third-order valence-corrected chi connectivity index (χ3v) is 2.60. The van der Waals surface area contributed by atoms with Gasteiger partial charge in [0.25, 0.3) is 0 Å². The summed E-state index contributed by atoms with van der Waals surface area (Å²) in [5.41, 5.74) is 1.24. The second kappa shape index (κ2) is 4.16. The minimum absolute atomic E-state index is 0.421. The van der Waals surface area contributed by atoms with Crippen LogP contribution in [0, 0.1) is 6.92 Å². The summed E-state index contributed by atoms with van der Waals surface area (Å²) in [6.07, 6.45) is 2.46. The van der Waals surface area contributed by atoms with Crippen LogP contribution >= 0.6 is 0 Å². The molecular weight excluding hydrogens is 192 g/mol. The average Bonchev–Trinajstić information content (AvgIpc) is 2.63. The number of aryl methyl sites for hydroxylation is 1. The Morgan fingerprint density at radius 2 is 2.53 bits per heavy atom. The molecule has 0 spiro atoms. The van der Waals surface area contributed by atoms with Crippen molar-refractivity contribution >= 4 is 5.69 Å². The van der Waals surface area contributed by atoms with Gasteiger partial charge in [-0.3, -0.25) is 4.98 Å². The van der Waals surface area contributed by atoms with Crippen LogP contribution in [-0.2, 0) is 4.74 Å². The predicted molar refractivity (Wildman–Crippen MR) is 57.8 cm³/mol. The fraction of sp³-hybridized carbons (Fsp3) is 0.545. The van der Waals surface area contributed by atoms with E-state index in [4.69, 9.17) is 4.74 Å². The molecule has 1 atom stereocenters. The van der Waals surface area contributed by atoms with E-state index in [1.165, 1.54) is 0 Å². The molecule has 1 saturated heterocycles. The van der Waals surface area contributed by atoms with Crippen LogP contribution in [0.25, 0.3) is 0 Å². The zero-order valence-electron chi connectivity index (χ0n) is 8.86. The highest BCUT2D eigenvalue weighted by atomic mass is 16.5. The Balaban J connectivity index is 1.92.